The van der Waals surface area contributed by atoms with E-state index in [1.165, 1.54) is 5.56 Å². The summed E-state index contributed by atoms with van der Waals surface area (Å²) >= 11 is 3.48. The molecule has 108 valence electrons. The second-order valence-electron chi connectivity index (χ2n) is 5.14. The van der Waals surface area contributed by atoms with Crippen LogP contribution in [0.25, 0.3) is 0 Å². The minimum atomic E-state index is 0.439. The van der Waals surface area contributed by atoms with Crippen molar-refractivity contribution in [2.75, 3.05) is 11.9 Å². The summed E-state index contributed by atoms with van der Waals surface area (Å²) in [6, 6.07) is 9.32. The van der Waals surface area contributed by atoms with Gasteiger partial charge in [0, 0.05) is 30.7 Å². The molecule has 0 bridgehead atoms. The molecule has 5 heteroatoms. The summed E-state index contributed by atoms with van der Waals surface area (Å²) in [5.41, 5.74) is 2.14. The number of benzene rings is 1. The lowest BCUT2D eigenvalue weighted by Gasteiger charge is -2.14. The van der Waals surface area contributed by atoms with Gasteiger partial charge in [-0.05, 0) is 17.7 Å². The van der Waals surface area contributed by atoms with Crippen molar-refractivity contribution in [1.29, 1.82) is 0 Å². The fraction of sp³-hybridized carbons (Fsp3) is 0.400. The maximum Gasteiger partial charge on any atom is 0.297 e. The molecule has 1 N–H and O–H groups in total. The number of hydrogen-bond acceptors (Lipinski definition) is 4. The third kappa shape index (κ3) is 4.35. The highest BCUT2D eigenvalue weighted by molar-refractivity contribution is 9.10. The molecular formula is C15H20BrN3O. The van der Waals surface area contributed by atoms with Crippen molar-refractivity contribution in [3.05, 3.63) is 46.3 Å². The molecule has 0 saturated carbocycles. The molecule has 2 rings (SSSR count). The van der Waals surface area contributed by atoms with Crippen LogP contribution in [0.5, 0.6) is 0 Å². The molecular weight excluding hydrogens is 318 g/mol. The fourth-order valence-electron chi connectivity index (χ4n) is 1.84. The predicted molar refractivity (Wildman–Crippen MR) is 84.7 cm³/mol. The van der Waals surface area contributed by atoms with Gasteiger partial charge < -0.3 is 14.6 Å². The number of rotatable bonds is 6. The van der Waals surface area contributed by atoms with Crippen molar-refractivity contribution >= 4 is 21.9 Å². The molecule has 0 saturated heterocycles. The summed E-state index contributed by atoms with van der Waals surface area (Å²) < 4.78 is 6.61. The number of hydrogen-bond donors (Lipinski definition) is 1. The summed E-state index contributed by atoms with van der Waals surface area (Å²) in [5.74, 6) is 0. The second kappa shape index (κ2) is 6.90. The zero-order chi connectivity index (χ0) is 14.5. The first-order valence-corrected chi connectivity index (χ1v) is 7.47. The lowest BCUT2D eigenvalue weighted by molar-refractivity contribution is 0.540. The maximum atomic E-state index is 5.52. The number of halogens is 1. The van der Waals surface area contributed by atoms with Crippen LogP contribution >= 0.6 is 15.9 Å². The van der Waals surface area contributed by atoms with Gasteiger partial charge in [0.1, 0.15) is 6.26 Å². The SMILES string of the molecule is CC(C)NCc1coc(N(C)Cc2cccc(Br)c2)n1. The molecule has 4 nitrogen and oxygen atoms in total. The van der Waals surface area contributed by atoms with Crippen LogP contribution < -0.4 is 10.2 Å². The van der Waals surface area contributed by atoms with Crippen LogP contribution in [0.2, 0.25) is 0 Å². The maximum absolute atomic E-state index is 5.52. The van der Waals surface area contributed by atoms with Gasteiger partial charge in [0.2, 0.25) is 0 Å². The number of anilines is 1. The highest BCUT2D eigenvalue weighted by Gasteiger charge is 2.10. The highest BCUT2D eigenvalue weighted by Crippen LogP contribution is 2.17. The lowest BCUT2D eigenvalue weighted by Crippen LogP contribution is -2.22. The zero-order valence-corrected chi connectivity index (χ0v) is 13.6. The van der Waals surface area contributed by atoms with Crippen molar-refractivity contribution in [3.8, 4) is 0 Å². The van der Waals surface area contributed by atoms with Gasteiger partial charge in [-0.15, -0.1) is 0 Å². The molecule has 1 aromatic carbocycles. The zero-order valence-electron chi connectivity index (χ0n) is 12.1. The first-order chi connectivity index (χ1) is 9.54. The van der Waals surface area contributed by atoms with Crippen LogP contribution in [0.3, 0.4) is 0 Å². The smallest absolute Gasteiger partial charge is 0.297 e. The second-order valence-corrected chi connectivity index (χ2v) is 6.06. The quantitative estimate of drug-likeness (QED) is 0.874. The van der Waals surface area contributed by atoms with Crippen LogP contribution in [0.15, 0.2) is 39.4 Å². The van der Waals surface area contributed by atoms with E-state index >= 15 is 0 Å². The Hall–Kier alpha value is -1.33. The normalized spacial score (nSPS) is 11.1. The van der Waals surface area contributed by atoms with Gasteiger partial charge in [0.25, 0.3) is 6.01 Å². The Kier molecular flexibility index (Phi) is 5.20. The van der Waals surface area contributed by atoms with E-state index in [1.54, 1.807) is 6.26 Å². The Morgan fingerprint density at radius 1 is 1.40 bits per heavy atom. The largest absolute Gasteiger partial charge is 0.432 e. The van der Waals surface area contributed by atoms with Crippen molar-refractivity contribution in [2.24, 2.45) is 0 Å². The van der Waals surface area contributed by atoms with E-state index in [2.05, 4.69) is 52.2 Å². The minimum absolute atomic E-state index is 0.439. The average Bonchev–Trinajstić information content (AvgIpc) is 2.85. The third-order valence-electron chi connectivity index (χ3n) is 2.87. The van der Waals surface area contributed by atoms with E-state index < -0.39 is 0 Å². The number of nitrogens with one attached hydrogen (secondary N) is 1. The summed E-state index contributed by atoms with van der Waals surface area (Å²) in [6.45, 7) is 5.71. The first kappa shape index (κ1) is 15.1. The van der Waals surface area contributed by atoms with E-state index in [0.29, 0.717) is 12.1 Å². The molecule has 0 aliphatic carbocycles. The average molecular weight is 338 g/mol. The molecule has 0 radical (unpaired) electrons. The molecule has 0 unspecified atom stereocenters. The van der Waals surface area contributed by atoms with Crippen LogP contribution in [0.1, 0.15) is 25.1 Å². The van der Waals surface area contributed by atoms with Crippen molar-refractivity contribution in [3.63, 3.8) is 0 Å². The molecule has 0 aliphatic rings. The van der Waals surface area contributed by atoms with Crippen molar-refractivity contribution < 1.29 is 4.42 Å². The van der Waals surface area contributed by atoms with E-state index in [9.17, 15) is 0 Å². The topological polar surface area (TPSA) is 41.3 Å². The van der Waals surface area contributed by atoms with Crippen molar-refractivity contribution in [2.45, 2.75) is 33.0 Å². The Bertz CT molecular complexity index is 554. The van der Waals surface area contributed by atoms with Gasteiger partial charge in [-0.2, -0.15) is 4.98 Å². The van der Waals surface area contributed by atoms with E-state index in [1.807, 2.05) is 24.1 Å². The Labute approximate surface area is 128 Å². The third-order valence-corrected chi connectivity index (χ3v) is 3.36. The molecule has 20 heavy (non-hydrogen) atoms. The van der Waals surface area contributed by atoms with Gasteiger partial charge >= 0.3 is 0 Å². The predicted octanol–water partition coefficient (Wildman–Crippen LogP) is 3.57. The summed E-state index contributed by atoms with van der Waals surface area (Å²) in [5, 5.41) is 3.32. The van der Waals surface area contributed by atoms with Gasteiger partial charge in [-0.3, -0.25) is 0 Å². The Morgan fingerprint density at radius 3 is 2.90 bits per heavy atom. The Morgan fingerprint density at radius 2 is 2.20 bits per heavy atom. The number of oxazole rings is 1. The summed E-state index contributed by atoms with van der Waals surface area (Å²) in [4.78, 5) is 6.49. The number of aromatic nitrogens is 1. The molecule has 0 aliphatic heterocycles. The van der Waals surface area contributed by atoms with Gasteiger partial charge in [-0.1, -0.05) is 41.9 Å². The van der Waals surface area contributed by atoms with Crippen LogP contribution in [-0.4, -0.2) is 18.1 Å². The minimum Gasteiger partial charge on any atom is -0.432 e. The van der Waals surface area contributed by atoms with Gasteiger partial charge in [0.15, 0.2) is 0 Å². The van der Waals surface area contributed by atoms with E-state index in [4.69, 9.17) is 4.42 Å². The van der Waals surface area contributed by atoms with E-state index in [0.717, 1.165) is 23.3 Å². The monoisotopic (exact) mass is 337 g/mol. The van der Waals surface area contributed by atoms with Crippen molar-refractivity contribution in [1.82, 2.24) is 10.3 Å². The Balaban J connectivity index is 1.97. The fourth-order valence-corrected chi connectivity index (χ4v) is 2.28. The van der Waals surface area contributed by atoms with Gasteiger partial charge in [-0.25, -0.2) is 0 Å². The van der Waals surface area contributed by atoms with Crippen LogP contribution in [0.4, 0.5) is 6.01 Å². The first-order valence-electron chi connectivity index (χ1n) is 6.68. The molecule has 1 aromatic heterocycles. The van der Waals surface area contributed by atoms with Gasteiger partial charge in [0.05, 0.1) is 5.69 Å². The molecule has 0 spiro atoms. The molecule has 0 fully saturated rings. The van der Waals surface area contributed by atoms with E-state index in [-0.39, 0.29) is 0 Å². The molecule has 0 amide bonds. The lowest BCUT2D eigenvalue weighted by atomic mass is 10.2. The standard InChI is InChI=1S/C15H20BrN3O/c1-11(2)17-8-14-10-20-15(18-14)19(3)9-12-5-4-6-13(16)7-12/h4-7,10-11,17H,8-9H2,1-3H3. The highest BCUT2D eigenvalue weighted by atomic mass is 79.9. The molecule has 1 heterocycles. The van der Waals surface area contributed by atoms with Crippen LogP contribution in [0, 0.1) is 0 Å². The van der Waals surface area contributed by atoms with Crippen LogP contribution in [-0.2, 0) is 13.1 Å². The molecule has 2 aromatic rings. The molecule has 0 atom stereocenters. The summed E-state index contributed by atoms with van der Waals surface area (Å²) in [7, 11) is 1.98. The summed E-state index contributed by atoms with van der Waals surface area (Å²) in [6.07, 6.45) is 1.71. The number of nitrogens with zero attached hydrogens (tertiary/aromatic N) is 2.